The number of pyridine rings is 1. The lowest BCUT2D eigenvalue weighted by molar-refractivity contribution is -0.136. The predicted octanol–water partition coefficient (Wildman–Crippen LogP) is 2.26. The fourth-order valence-electron chi connectivity index (χ4n) is 1.17. The number of methoxy groups -OCH3 is 1. The zero-order valence-electron chi connectivity index (χ0n) is 8.21. The average Bonchev–Trinajstić information content (AvgIpc) is 2.19. The molecule has 1 aromatic rings. The molecule has 0 aliphatic heterocycles. The van der Waals surface area contributed by atoms with Gasteiger partial charge in [-0.1, -0.05) is 0 Å². The highest BCUT2D eigenvalue weighted by molar-refractivity contribution is 14.1. The van der Waals surface area contributed by atoms with E-state index in [1.54, 1.807) is 22.6 Å². The zero-order valence-corrected chi connectivity index (χ0v) is 10.4. The van der Waals surface area contributed by atoms with E-state index in [1.165, 1.54) is 7.11 Å². The van der Waals surface area contributed by atoms with Gasteiger partial charge in [-0.15, -0.1) is 0 Å². The summed E-state index contributed by atoms with van der Waals surface area (Å²) in [7, 11) is 1.37. The van der Waals surface area contributed by atoms with E-state index in [0.29, 0.717) is 9.32 Å². The van der Waals surface area contributed by atoms with Crippen molar-refractivity contribution in [2.24, 2.45) is 0 Å². The summed E-state index contributed by atoms with van der Waals surface area (Å²) in [6.07, 6.45) is -2.13. The van der Waals surface area contributed by atoms with Gasteiger partial charge in [0.15, 0.2) is 5.75 Å². The van der Waals surface area contributed by atoms with Gasteiger partial charge in [-0.2, -0.15) is 0 Å². The van der Waals surface area contributed by atoms with E-state index in [2.05, 4.69) is 4.98 Å². The molecule has 0 bridgehead atoms. The quantitative estimate of drug-likeness (QED) is 0.852. The van der Waals surface area contributed by atoms with Crippen molar-refractivity contribution in [3.8, 4) is 5.75 Å². The maximum Gasteiger partial charge on any atom is 0.307 e. The summed E-state index contributed by atoms with van der Waals surface area (Å²) in [6.45, 7) is 0. The maximum atomic E-state index is 12.6. The minimum absolute atomic E-state index is 0.00227. The number of halogens is 3. The van der Waals surface area contributed by atoms with Crippen LogP contribution in [0.15, 0.2) is 6.20 Å². The van der Waals surface area contributed by atoms with E-state index in [0.717, 1.165) is 6.20 Å². The molecule has 1 heterocycles. The molecule has 0 saturated carbocycles. The fraction of sp³-hybridized carbons (Fsp3) is 0.333. The van der Waals surface area contributed by atoms with Crippen LogP contribution in [0, 0.1) is 3.57 Å². The van der Waals surface area contributed by atoms with Crippen molar-refractivity contribution in [3.05, 3.63) is 21.0 Å². The Morgan fingerprint density at radius 1 is 1.69 bits per heavy atom. The second-order valence-electron chi connectivity index (χ2n) is 2.88. The number of alkyl halides is 2. The van der Waals surface area contributed by atoms with Gasteiger partial charge >= 0.3 is 5.97 Å². The molecule has 0 aromatic carbocycles. The lowest BCUT2D eigenvalue weighted by Gasteiger charge is -2.11. The minimum Gasteiger partial charge on any atom is -0.494 e. The molecule has 1 aromatic heterocycles. The molecule has 4 nitrogen and oxygen atoms in total. The van der Waals surface area contributed by atoms with Crippen LogP contribution in [0.1, 0.15) is 17.7 Å². The summed E-state index contributed by atoms with van der Waals surface area (Å²) in [5.74, 6) is -0.892. The van der Waals surface area contributed by atoms with Gasteiger partial charge in [0, 0.05) is 5.56 Å². The third kappa shape index (κ3) is 2.77. The van der Waals surface area contributed by atoms with Crippen LogP contribution in [-0.4, -0.2) is 23.2 Å². The Bertz CT molecular complexity index is 412. The van der Waals surface area contributed by atoms with Crippen molar-refractivity contribution >= 4 is 28.6 Å². The average molecular weight is 343 g/mol. The molecule has 7 heteroatoms. The first-order valence-electron chi connectivity index (χ1n) is 4.18. The normalized spacial score (nSPS) is 10.6. The van der Waals surface area contributed by atoms with Gasteiger partial charge in [-0.3, -0.25) is 9.78 Å². The Balaban J connectivity index is 3.30. The highest BCUT2D eigenvalue weighted by Gasteiger charge is 2.21. The van der Waals surface area contributed by atoms with Crippen LogP contribution in [0.4, 0.5) is 8.78 Å². The van der Waals surface area contributed by atoms with Gasteiger partial charge in [0.2, 0.25) is 0 Å². The van der Waals surface area contributed by atoms with Crippen LogP contribution in [0.5, 0.6) is 5.75 Å². The summed E-state index contributed by atoms with van der Waals surface area (Å²) >= 11 is 1.77. The van der Waals surface area contributed by atoms with Crippen LogP contribution in [0.25, 0.3) is 0 Å². The summed E-state index contributed by atoms with van der Waals surface area (Å²) < 4.78 is 30.4. The number of carboxylic acid groups (broad SMARTS) is 1. The predicted molar refractivity (Wildman–Crippen MR) is 59.8 cm³/mol. The highest BCUT2D eigenvalue weighted by atomic mass is 127. The molecular weight excluding hydrogens is 335 g/mol. The van der Waals surface area contributed by atoms with E-state index < -0.39 is 24.5 Å². The first-order valence-corrected chi connectivity index (χ1v) is 5.26. The monoisotopic (exact) mass is 343 g/mol. The fourth-order valence-corrected chi connectivity index (χ4v) is 2.00. The maximum absolute atomic E-state index is 12.6. The second-order valence-corrected chi connectivity index (χ2v) is 3.95. The topological polar surface area (TPSA) is 59.4 Å². The van der Waals surface area contributed by atoms with Crippen LogP contribution in [0.2, 0.25) is 0 Å². The Labute approximate surface area is 104 Å². The number of carbonyl (C=O) groups is 1. The molecule has 1 rings (SSSR count). The smallest absolute Gasteiger partial charge is 0.307 e. The molecule has 0 aliphatic carbocycles. The third-order valence-corrected chi connectivity index (χ3v) is 3.05. The largest absolute Gasteiger partial charge is 0.494 e. The van der Waals surface area contributed by atoms with E-state index in [4.69, 9.17) is 9.84 Å². The first-order chi connectivity index (χ1) is 7.47. The van der Waals surface area contributed by atoms with Crippen LogP contribution in [0.3, 0.4) is 0 Å². The van der Waals surface area contributed by atoms with E-state index in [1.807, 2.05) is 0 Å². The first kappa shape index (κ1) is 13.1. The molecule has 1 N–H and O–H groups in total. The molecule has 0 aliphatic rings. The highest BCUT2D eigenvalue weighted by Crippen LogP contribution is 2.30. The molecule has 0 saturated heterocycles. The minimum atomic E-state index is -2.80. The van der Waals surface area contributed by atoms with Crippen molar-refractivity contribution in [2.75, 3.05) is 7.11 Å². The molecule has 0 radical (unpaired) electrons. The van der Waals surface area contributed by atoms with Gasteiger partial charge in [0.25, 0.3) is 6.43 Å². The Morgan fingerprint density at radius 3 is 2.75 bits per heavy atom. The number of hydrogen-bond donors (Lipinski definition) is 1. The van der Waals surface area contributed by atoms with Gasteiger partial charge in [0.05, 0.1) is 23.3 Å². The van der Waals surface area contributed by atoms with Crippen molar-refractivity contribution in [2.45, 2.75) is 12.8 Å². The van der Waals surface area contributed by atoms with Gasteiger partial charge < -0.3 is 9.84 Å². The van der Waals surface area contributed by atoms with Gasteiger partial charge in [-0.25, -0.2) is 8.78 Å². The summed E-state index contributed by atoms with van der Waals surface area (Å²) in [5, 5.41) is 8.64. The van der Waals surface area contributed by atoms with Crippen molar-refractivity contribution in [1.29, 1.82) is 0 Å². The van der Waals surface area contributed by atoms with E-state index in [9.17, 15) is 13.6 Å². The van der Waals surface area contributed by atoms with Gasteiger partial charge in [-0.05, 0) is 22.6 Å². The summed E-state index contributed by atoms with van der Waals surface area (Å²) in [5.41, 5.74) is -0.505. The molecule has 0 spiro atoms. The molecule has 0 atom stereocenters. The zero-order chi connectivity index (χ0) is 12.3. The molecule has 88 valence electrons. The van der Waals surface area contributed by atoms with Crippen LogP contribution in [-0.2, 0) is 11.2 Å². The SMILES string of the molecule is COc1cnc(C(F)F)c(CC(=O)O)c1I. The Kier molecular flexibility index (Phi) is 4.39. The van der Waals surface area contributed by atoms with Crippen LogP contribution >= 0.6 is 22.6 Å². The van der Waals surface area contributed by atoms with Crippen LogP contribution < -0.4 is 4.74 Å². The second kappa shape index (κ2) is 5.37. The Hall–Kier alpha value is -0.990. The number of aromatic nitrogens is 1. The molecule has 0 fully saturated rings. The summed E-state index contributed by atoms with van der Waals surface area (Å²) in [4.78, 5) is 14.1. The number of aliphatic carboxylic acids is 1. The van der Waals surface area contributed by atoms with Crippen molar-refractivity contribution < 1.29 is 23.4 Å². The Morgan fingerprint density at radius 2 is 2.31 bits per heavy atom. The van der Waals surface area contributed by atoms with Gasteiger partial charge in [0.1, 0.15) is 5.69 Å². The van der Waals surface area contributed by atoms with Crippen molar-refractivity contribution in [3.63, 3.8) is 0 Å². The van der Waals surface area contributed by atoms with E-state index >= 15 is 0 Å². The number of ether oxygens (including phenoxy) is 1. The van der Waals surface area contributed by atoms with E-state index in [-0.39, 0.29) is 5.56 Å². The number of nitrogens with zero attached hydrogens (tertiary/aromatic N) is 1. The van der Waals surface area contributed by atoms with Crippen molar-refractivity contribution in [1.82, 2.24) is 4.98 Å². The lowest BCUT2D eigenvalue weighted by atomic mass is 10.1. The molecule has 16 heavy (non-hydrogen) atoms. The number of hydrogen-bond acceptors (Lipinski definition) is 3. The number of carboxylic acids is 1. The molecule has 0 amide bonds. The number of rotatable bonds is 4. The molecule has 0 unspecified atom stereocenters. The molecular formula is C9H8F2INO3. The standard InChI is InChI=1S/C9H8F2INO3/c1-16-5-3-13-8(9(10)11)4(7(5)12)2-6(14)15/h3,9H,2H2,1H3,(H,14,15). The summed E-state index contributed by atoms with van der Waals surface area (Å²) in [6, 6.07) is 0. The third-order valence-electron chi connectivity index (χ3n) is 1.87. The lowest BCUT2D eigenvalue weighted by Crippen LogP contribution is -2.09.